The highest BCUT2D eigenvalue weighted by molar-refractivity contribution is 5.79. The molecular weight excluding hydrogens is 385 g/mol. The number of carbonyl (C=O) groups is 1. The van der Waals surface area contributed by atoms with Gasteiger partial charge in [-0.15, -0.1) is 0 Å². The van der Waals surface area contributed by atoms with E-state index in [-0.39, 0.29) is 29.7 Å². The highest BCUT2D eigenvalue weighted by Crippen LogP contribution is 2.35. The molecule has 7 nitrogen and oxygen atoms in total. The van der Waals surface area contributed by atoms with Crippen molar-refractivity contribution in [2.45, 2.75) is 55.9 Å². The summed E-state index contributed by atoms with van der Waals surface area (Å²) in [7, 11) is 1.87. The molecule has 3 N–H and O–H groups in total. The summed E-state index contributed by atoms with van der Waals surface area (Å²) in [5, 5.41) is 16.7. The molecule has 0 unspecified atom stereocenters. The average molecular weight is 411 g/mol. The maximum Gasteiger partial charge on any atom is 0.220 e. The van der Waals surface area contributed by atoms with Gasteiger partial charge in [-0.1, -0.05) is 6.07 Å². The molecule has 5 rings (SSSR count). The van der Waals surface area contributed by atoms with E-state index in [1.807, 2.05) is 24.1 Å². The van der Waals surface area contributed by atoms with Crippen LogP contribution in [0.3, 0.4) is 0 Å². The van der Waals surface area contributed by atoms with Crippen LogP contribution in [0.1, 0.15) is 37.2 Å². The molecule has 3 saturated heterocycles. The number of hydrogen-bond donors (Lipinski definition) is 3. The highest BCUT2D eigenvalue weighted by atomic mass is 19.1. The summed E-state index contributed by atoms with van der Waals surface area (Å²) < 4.78 is 14.9. The van der Waals surface area contributed by atoms with Gasteiger partial charge in [0.05, 0.1) is 24.1 Å². The summed E-state index contributed by atoms with van der Waals surface area (Å²) in [5.74, 6) is 0.847. The minimum Gasteiger partial charge on any atom is -0.507 e. The number of nitrogens with zero attached hydrogens (tertiary/aromatic N) is 3. The lowest BCUT2D eigenvalue weighted by Gasteiger charge is -2.38. The van der Waals surface area contributed by atoms with Gasteiger partial charge in [-0.05, 0) is 37.0 Å². The summed E-state index contributed by atoms with van der Waals surface area (Å²) in [4.78, 5) is 22.3. The third kappa shape index (κ3) is 3.39. The first-order chi connectivity index (χ1) is 14.5. The third-order valence-electron chi connectivity index (χ3n) is 6.80. The van der Waals surface area contributed by atoms with Crippen LogP contribution in [-0.4, -0.2) is 58.9 Å². The predicted octanol–water partition coefficient (Wildman–Crippen LogP) is 2.12. The SMILES string of the molecule is CN(c1cnc(-c2ccc([C@@H]3CNC(=O)C3)cc2O)cn1)[C@@H]1C[C@H]2CC[C@H](N2)[C@@H]1F. The van der Waals surface area contributed by atoms with Crippen LogP contribution in [0.5, 0.6) is 5.75 Å². The van der Waals surface area contributed by atoms with E-state index in [1.54, 1.807) is 18.5 Å². The van der Waals surface area contributed by atoms with Gasteiger partial charge in [-0.25, -0.2) is 9.37 Å². The molecule has 5 atom stereocenters. The smallest absolute Gasteiger partial charge is 0.220 e. The zero-order valence-corrected chi connectivity index (χ0v) is 16.9. The van der Waals surface area contributed by atoms with E-state index in [4.69, 9.17) is 0 Å². The summed E-state index contributed by atoms with van der Waals surface area (Å²) >= 11 is 0. The Morgan fingerprint density at radius 2 is 2.10 bits per heavy atom. The standard InChI is InChI=1S/C22H26FN5O2/c1-28(18-8-14-3-5-16(27-14)22(18)23)20-11-24-17(10-25-20)15-4-2-12(6-19(15)29)13-7-21(30)26-9-13/h2,4,6,10-11,13-14,16,18,22,27,29H,3,5,7-9H2,1H3,(H,26,30)/t13-,14+,16-,18+,22-/m0/s1. The van der Waals surface area contributed by atoms with Gasteiger partial charge in [0.2, 0.25) is 5.91 Å². The zero-order valence-electron chi connectivity index (χ0n) is 16.9. The van der Waals surface area contributed by atoms with Gasteiger partial charge in [0.1, 0.15) is 17.7 Å². The number of hydrogen-bond acceptors (Lipinski definition) is 6. The van der Waals surface area contributed by atoms with Crippen LogP contribution in [0, 0.1) is 0 Å². The minimum atomic E-state index is -0.927. The number of alkyl halides is 1. The van der Waals surface area contributed by atoms with E-state index < -0.39 is 6.17 Å². The number of aromatic nitrogens is 2. The Labute approximate surface area is 174 Å². The molecule has 0 spiro atoms. The van der Waals surface area contributed by atoms with Gasteiger partial charge < -0.3 is 20.6 Å². The van der Waals surface area contributed by atoms with Gasteiger partial charge in [-0.2, -0.15) is 0 Å². The Morgan fingerprint density at radius 1 is 1.23 bits per heavy atom. The third-order valence-corrected chi connectivity index (χ3v) is 6.80. The molecule has 30 heavy (non-hydrogen) atoms. The Hall–Kier alpha value is -2.74. The number of anilines is 1. The molecule has 158 valence electrons. The number of halogens is 1. The fourth-order valence-corrected chi connectivity index (χ4v) is 5.02. The second-order valence-electron chi connectivity index (χ2n) is 8.65. The van der Waals surface area contributed by atoms with Gasteiger partial charge >= 0.3 is 0 Å². The molecule has 3 fully saturated rings. The molecule has 8 heteroatoms. The average Bonchev–Trinajstić information content (AvgIpc) is 3.37. The van der Waals surface area contributed by atoms with Crippen LogP contribution in [0.4, 0.5) is 10.2 Å². The topological polar surface area (TPSA) is 90.4 Å². The second kappa shape index (κ2) is 7.50. The molecule has 0 aliphatic carbocycles. The quantitative estimate of drug-likeness (QED) is 0.714. The summed E-state index contributed by atoms with van der Waals surface area (Å²) in [6.45, 7) is 0.590. The molecule has 0 radical (unpaired) electrons. The maximum absolute atomic E-state index is 14.9. The lowest BCUT2D eigenvalue weighted by molar-refractivity contribution is -0.119. The fourth-order valence-electron chi connectivity index (χ4n) is 5.02. The summed E-state index contributed by atoms with van der Waals surface area (Å²) in [6, 6.07) is 5.52. The molecule has 3 aliphatic rings. The molecule has 1 aromatic heterocycles. The largest absolute Gasteiger partial charge is 0.507 e. The second-order valence-corrected chi connectivity index (χ2v) is 8.65. The molecule has 0 saturated carbocycles. The summed E-state index contributed by atoms with van der Waals surface area (Å²) in [6.07, 6.45) is 5.44. The lowest BCUT2D eigenvalue weighted by Crippen LogP contribution is -2.55. The van der Waals surface area contributed by atoms with E-state index in [0.29, 0.717) is 36.1 Å². The highest BCUT2D eigenvalue weighted by Gasteiger charge is 2.43. The molecule has 1 aromatic carbocycles. The normalized spacial score (nSPS) is 30.3. The van der Waals surface area contributed by atoms with Crippen molar-refractivity contribution in [2.75, 3.05) is 18.5 Å². The Morgan fingerprint density at radius 3 is 2.80 bits per heavy atom. The number of phenolic OH excluding ortho intramolecular Hbond substituents is 1. The molecular formula is C22H26FN5O2. The minimum absolute atomic E-state index is 0.0337. The number of benzene rings is 1. The van der Waals surface area contributed by atoms with Crippen LogP contribution in [0.25, 0.3) is 11.3 Å². The molecule has 2 aromatic rings. The van der Waals surface area contributed by atoms with Crippen molar-refractivity contribution in [3.8, 4) is 17.0 Å². The van der Waals surface area contributed by atoms with Crippen LogP contribution in [-0.2, 0) is 4.79 Å². The van der Waals surface area contributed by atoms with Gasteiger partial charge in [0.15, 0.2) is 0 Å². The van der Waals surface area contributed by atoms with Crippen LogP contribution < -0.4 is 15.5 Å². The number of amides is 1. The number of aromatic hydroxyl groups is 1. The van der Waals surface area contributed by atoms with E-state index >= 15 is 0 Å². The van der Waals surface area contributed by atoms with Crippen molar-refractivity contribution in [3.05, 3.63) is 36.2 Å². The predicted molar refractivity (Wildman–Crippen MR) is 111 cm³/mol. The number of piperidine rings is 1. The lowest BCUT2D eigenvalue weighted by atomic mass is 9.96. The van der Waals surface area contributed by atoms with E-state index in [0.717, 1.165) is 24.8 Å². The number of rotatable bonds is 4. The Kier molecular flexibility index (Phi) is 4.81. The van der Waals surface area contributed by atoms with Crippen molar-refractivity contribution >= 4 is 11.7 Å². The van der Waals surface area contributed by atoms with Crippen LogP contribution >= 0.6 is 0 Å². The fraction of sp³-hybridized carbons (Fsp3) is 0.500. The van der Waals surface area contributed by atoms with E-state index in [9.17, 15) is 14.3 Å². The van der Waals surface area contributed by atoms with Crippen molar-refractivity contribution in [3.63, 3.8) is 0 Å². The van der Waals surface area contributed by atoms with Crippen molar-refractivity contribution in [1.29, 1.82) is 0 Å². The molecule has 1 amide bonds. The Bertz CT molecular complexity index is 953. The van der Waals surface area contributed by atoms with Gasteiger partial charge in [0.25, 0.3) is 0 Å². The Balaban J connectivity index is 1.33. The molecule has 3 aliphatic heterocycles. The van der Waals surface area contributed by atoms with Crippen molar-refractivity contribution in [2.24, 2.45) is 0 Å². The van der Waals surface area contributed by atoms with Crippen LogP contribution in [0.2, 0.25) is 0 Å². The number of fused-ring (bicyclic) bond motifs is 2. The van der Waals surface area contributed by atoms with E-state index in [1.165, 1.54) is 0 Å². The van der Waals surface area contributed by atoms with E-state index in [2.05, 4.69) is 20.6 Å². The van der Waals surface area contributed by atoms with Crippen molar-refractivity contribution in [1.82, 2.24) is 20.6 Å². The first-order valence-corrected chi connectivity index (χ1v) is 10.5. The monoisotopic (exact) mass is 411 g/mol. The maximum atomic E-state index is 14.9. The first-order valence-electron chi connectivity index (χ1n) is 10.5. The first kappa shape index (κ1) is 19.2. The number of carbonyl (C=O) groups excluding carboxylic acids is 1. The van der Waals surface area contributed by atoms with Crippen LogP contribution in [0.15, 0.2) is 30.6 Å². The van der Waals surface area contributed by atoms with Crippen molar-refractivity contribution < 1.29 is 14.3 Å². The molecule has 2 bridgehead atoms. The van der Waals surface area contributed by atoms with Gasteiger partial charge in [0, 0.05) is 43.6 Å². The van der Waals surface area contributed by atoms with Gasteiger partial charge in [-0.3, -0.25) is 9.78 Å². The number of phenols is 1. The molecule has 4 heterocycles. The summed E-state index contributed by atoms with van der Waals surface area (Å²) in [5.41, 5.74) is 2.06. The zero-order chi connectivity index (χ0) is 20.8. The number of nitrogens with one attached hydrogen (secondary N) is 2.